The molecule has 1 aromatic carbocycles. The number of carboxylic acid groups (broad SMARTS) is 1. The van der Waals surface area contributed by atoms with Gasteiger partial charge in [-0.05, 0) is 17.7 Å². The van der Waals surface area contributed by atoms with Crippen LogP contribution in [-0.2, 0) is 11.2 Å². The van der Waals surface area contributed by atoms with E-state index in [9.17, 15) is 9.59 Å². The number of rotatable bonds is 5. The van der Waals surface area contributed by atoms with Gasteiger partial charge in [0.05, 0.1) is 12.1 Å². The van der Waals surface area contributed by atoms with Gasteiger partial charge in [-0.15, -0.1) is 11.3 Å². The maximum Gasteiger partial charge on any atom is 0.335 e. The molecule has 0 aliphatic heterocycles. The number of aromatic carboxylic acids is 1. The maximum atomic E-state index is 11.1. The molecular weight excluding hydrogens is 278 g/mol. The standard InChI is InChI=1S/C13H13N3O3S/c14-6-11(17)16-13-15-7-10(20-13)5-8-1-3-9(4-2-8)12(18)19/h1-4,7H,5-6,14H2,(H,18,19)(H,15,16,17). The van der Waals surface area contributed by atoms with E-state index in [4.69, 9.17) is 10.8 Å². The van der Waals surface area contributed by atoms with Crippen LogP contribution in [-0.4, -0.2) is 28.5 Å². The Balaban J connectivity index is 2.03. The van der Waals surface area contributed by atoms with Gasteiger partial charge in [0.25, 0.3) is 0 Å². The highest BCUT2D eigenvalue weighted by atomic mass is 32.1. The predicted octanol–water partition coefficient (Wildman–Crippen LogP) is 1.33. The monoisotopic (exact) mass is 291 g/mol. The SMILES string of the molecule is NCC(=O)Nc1ncc(Cc2ccc(C(=O)O)cc2)s1. The minimum atomic E-state index is -0.943. The first-order chi connectivity index (χ1) is 9.58. The average molecular weight is 291 g/mol. The number of aromatic nitrogens is 1. The van der Waals surface area contributed by atoms with E-state index in [2.05, 4.69) is 10.3 Å². The van der Waals surface area contributed by atoms with Gasteiger partial charge >= 0.3 is 5.97 Å². The van der Waals surface area contributed by atoms with Crippen molar-refractivity contribution < 1.29 is 14.7 Å². The average Bonchev–Trinajstić information content (AvgIpc) is 2.86. The molecule has 2 rings (SSSR count). The molecule has 0 bridgehead atoms. The van der Waals surface area contributed by atoms with E-state index in [1.165, 1.54) is 11.3 Å². The van der Waals surface area contributed by atoms with Gasteiger partial charge in [-0.25, -0.2) is 9.78 Å². The van der Waals surface area contributed by atoms with Gasteiger partial charge in [-0.1, -0.05) is 12.1 Å². The van der Waals surface area contributed by atoms with Gasteiger partial charge in [-0.2, -0.15) is 0 Å². The third-order valence-electron chi connectivity index (χ3n) is 2.56. The number of carbonyl (C=O) groups is 2. The van der Waals surface area contributed by atoms with Crippen LogP contribution in [0.1, 0.15) is 20.8 Å². The Bertz CT molecular complexity index is 622. The zero-order valence-electron chi connectivity index (χ0n) is 10.5. The van der Waals surface area contributed by atoms with Crippen molar-refractivity contribution in [3.8, 4) is 0 Å². The minimum Gasteiger partial charge on any atom is -0.478 e. The van der Waals surface area contributed by atoms with Crippen LogP contribution in [0.25, 0.3) is 0 Å². The van der Waals surface area contributed by atoms with E-state index in [0.29, 0.717) is 11.6 Å². The summed E-state index contributed by atoms with van der Waals surface area (Å²) in [6.45, 7) is -0.0778. The Kier molecular flexibility index (Phi) is 4.44. The predicted molar refractivity (Wildman–Crippen MR) is 76.0 cm³/mol. The summed E-state index contributed by atoms with van der Waals surface area (Å²) in [7, 11) is 0. The second kappa shape index (κ2) is 6.27. The van der Waals surface area contributed by atoms with E-state index in [-0.39, 0.29) is 18.0 Å². The molecule has 0 atom stereocenters. The molecule has 2 aromatic rings. The van der Waals surface area contributed by atoms with Crippen LogP contribution in [0.4, 0.5) is 5.13 Å². The summed E-state index contributed by atoms with van der Waals surface area (Å²) in [6, 6.07) is 6.66. The van der Waals surface area contributed by atoms with Crippen LogP contribution >= 0.6 is 11.3 Å². The number of anilines is 1. The molecule has 1 aromatic heterocycles. The fraction of sp³-hybridized carbons (Fsp3) is 0.154. The van der Waals surface area contributed by atoms with Crippen LogP contribution in [0.15, 0.2) is 30.5 Å². The van der Waals surface area contributed by atoms with Crippen molar-refractivity contribution in [2.45, 2.75) is 6.42 Å². The lowest BCUT2D eigenvalue weighted by molar-refractivity contribution is -0.114. The molecule has 0 saturated carbocycles. The molecule has 0 radical (unpaired) electrons. The first-order valence-electron chi connectivity index (χ1n) is 5.85. The number of nitrogens with two attached hydrogens (primary N) is 1. The maximum absolute atomic E-state index is 11.1. The first kappa shape index (κ1) is 14.2. The normalized spacial score (nSPS) is 10.2. The number of nitrogens with one attached hydrogen (secondary N) is 1. The zero-order chi connectivity index (χ0) is 14.5. The third kappa shape index (κ3) is 3.62. The van der Waals surface area contributed by atoms with Crippen LogP contribution in [0.3, 0.4) is 0 Å². The van der Waals surface area contributed by atoms with Gasteiger partial charge in [0.15, 0.2) is 5.13 Å². The Hall–Kier alpha value is -2.25. The molecule has 1 heterocycles. The van der Waals surface area contributed by atoms with Gasteiger partial charge in [-0.3, -0.25) is 4.79 Å². The summed E-state index contributed by atoms with van der Waals surface area (Å²) < 4.78 is 0. The lowest BCUT2D eigenvalue weighted by atomic mass is 10.1. The van der Waals surface area contributed by atoms with Crippen molar-refractivity contribution in [1.82, 2.24) is 4.98 Å². The highest BCUT2D eigenvalue weighted by molar-refractivity contribution is 7.15. The fourth-order valence-electron chi connectivity index (χ4n) is 1.58. The summed E-state index contributed by atoms with van der Waals surface area (Å²) in [5, 5.41) is 11.9. The number of carbonyl (C=O) groups excluding carboxylic acids is 1. The highest BCUT2D eigenvalue weighted by Gasteiger charge is 2.07. The van der Waals surface area contributed by atoms with E-state index in [1.54, 1.807) is 30.5 Å². The third-order valence-corrected chi connectivity index (χ3v) is 3.48. The van der Waals surface area contributed by atoms with Crippen molar-refractivity contribution in [1.29, 1.82) is 0 Å². The topological polar surface area (TPSA) is 105 Å². The van der Waals surface area contributed by atoms with Crippen LogP contribution in [0.5, 0.6) is 0 Å². The Labute approximate surface area is 119 Å². The molecule has 104 valence electrons. The van der Waals surface area contributed by atoms with Gasteiger partial charge in [0.2, 0.25) is 5.91 Å². The van der Waals surface area contributed by atoms with E-state index in [0.717, 1.165) is 10.4 Å². The van der Waals surface area contributed by atoms with E-state index < -0.39 is 5.97 Å². The smallest absolute Gasteiger partial charge is 0.335 e. The first-order valence-corrected chi connectivity index (χ1v) is 6.67. The molecule has 0 aliphatic carbocycles. The molecule has 0 unspecified atom stereocenters. The molecular formula is C13H13N3O3S. The second-order valence-corrected chi connectivity index (χ2v) is 5.18. The van der Waals surface area contributed by atoms with Crippen molar-refractivity contribution in [2.24, 2.45) is 5.73 Å². The number of nitrogens with zero attached hydrogens (tertiary/aromatic N) is 1. The molecule has 20 heavy (non-hydrogen) atoms. The summed E-state index contributed by atoms with van der Waals surface area (Å²) in [6.07, 6.45) is 2.32. The van der Waals surface area contributed by atoms with Crippen molar-refractivity contribution in [3.63, 3.8) is 0 Å². The lowest BCUT2D eigenvalue weighted by Gasteiger charge is -1.99. The molecule has 6 nitrogen and oxygen atoms in total. The van der Waals surface area contributed by atoms with E-state index in [1.807, 2.05) is 0 Å². The van der Waals surface area contributed by atoms with Gasteiger partial charge in [0.1, 0.15) is 0 Å². The quantitative estimate of drug-likeness (QED) is 0.770. The summed E-state index contributed by atoms with van der Waals surface area (Å²) >= 11 is 1.37. The number of hydrogen-bond acceptors (Lipinski definition) is 5. The Morgan fingerprint density at radius 3 is 2.60 bits per heavy atom. The molecule has 0 spiro atoms. The fourth-order valence-corrected chi connectivity index (χ4v) is 2.45. The van der Waals surface area contributed by atoms with Gasteiger partial charge in [0, 0.05) is 17.5 Å². The molecule has 1 amide bonds. The van der Waals surface area contributed by atoms with Crippen LogP contribution in [0, 0.1) is 0 Å². The number of thiazole rings is 1. The number of amides is 1. The lowest BCUT2D eigenvalue weighted by Crippen LogP contribution is -2.21. The van der Waals surface area contributed by atoms with Crippen LogP contribution in [0.2, 0.25) is 0 Å². The molecule has 0 saturated heterocycles. The summed E-state index contributed by atoms with van der Waals surface area (Å²) in [5.74, 6) is -1.22. The van der Waals surface area contributed by atoms with Crippen molar-refractivity contribution in [3.05, 3.63) is 46.5 Å². The summed E-state index contributed by atoms with van der Waals surface area (Å²) in [5.41, 5.74) is 6.45. The second-order valence-electron chi connectivity index (χ2n) is 4.06. The van der Waals surface area contributed by atoms with E-state index >= 15 is 0 Å². The van der Waals surface area contributed by atoms with Crippen LogP contribution < -0.4 is 11.1 Å². The molecule has 7 heteroatoms. The number of carboxylic acids is 1. The largest absolute Gasteiger partial charge is 0.478 e. The molecule has 0 aliphatic rings. The van der Waals surface area contributed by atoms with Crippen molar-refractivity contribution in [2.75, 3.05) is 11.9 Å². The highest BCUT2D eigenvalue weighted by Crippen LogP contribution is 2.21. The zero-order valence-corrected chi connectivity index (χ0v) is 11.3. The number of benzene rings is 1. The Morgan fingerprint density at radius 2 is 2.00 bits per heavy atom. The molecule has 4 N–H and O–H groups in total. The van der Waals surface area contributed by atoms with Gasteiger partial charge < -0.3 is 16.2 Å². The Morgan fingerprint density at radius 1 is 1.30 bits per heavy atom. The van der Waals surface area contributed by atoms with Crippen molar-refractivity contribution >= 4 is 28.3 Å². The summed E-state index contributed by atoms with van der Waals surface area (Å²) in [4.78, 5) is 26.9. The molecule has 0 fully saturated rings. The number of hydrogen-bond donors (Lipinski definition) is 3. The minimum absolute atomic E-state index is 0.0778.